The van der Waals surface area contributed by atoms with Crippen LogP contribution in [0.2, 0.25) is 0 Å². The minimum Gasteiger partial charge on any atom is -0.478 e. The van der Waals surface area contributed by atoms with Crippen LogP contribution in [0.15, 0.2) is 24.3 Å². The maximum absolute atomic E-state index is 12.4. The van der Waals surface area contributed by atoms with Crippen LogP contribution in [0.5, 0.6) is 0 Å². The number of carboxylic acids is 1. The van der Waals surface area contributed by atoms with Crippen molar-refractivity contribution in [2.45, 2.75) is 39.5 Å². The summed E-state index contributed by atoms with van der Waals surface area (Å²) < 4.78 is 26.2. The first kappa shape index (κ1) is 17.7. The SMILES string of the molecule is CC(N(C)S(=O)(=O)Cc1ccc(C(=O)O)cc1)C(C)(C)C. The van der Waals surface area contributed by atoms with E-state index in [9.17, 15) is 13.2 Å². The van der Waals surface area contributed by atoms with Crippen molar-refractivity contribution in [3.63, 3.8) is 0 Å². The van der Waals surface area contributed by atoms with E-state index in [0.29, 0.717) is 5.56 Å². The van der Waals surface area contributed by atoms with Gasteiger partial charge in [0, 0.05) is 13.1 Å². The van der Waals surface area contributed by atoms with Crippen LogP contribution < -0.4 is 0 Å². The molecular weight excluding hydrogens is 290 g/mol. The van der Waals surface area contributed by atoms with Crippen LogP contribution in [0.1, 0.15) is 43.6 Å². The van der Waals surface area contributed by atoms with Crippen LogP contribution >= 0.6 is 0 Å². The highest BCUT2D eigenvalue weighted by molar-refractivity contribution is 7.88. The molecule has 0 saturated carbocycles. The Labute approximate surface area is 126 Å². The molecule has 0 aliphatic heterocycles. The Kier molecular flexibility index (Phi) is 5.17. The molecule has 1 atom stereocenters. The smallest absolute Gasteiger partial charge is 0.335 e. The lowest BCUT2D eigenvalue weighted by Gasteiger charge is -2.34. The first-order valence-electron chi connectivity index (χ1n) is 6.73. The predicted molar refractivity (Wildman–Crippen MR) is 82.7 cm³/mol. The van der Waals surface area contributed by atoms with E-state index in [-0.39, 0.29) is 22.8 Å². The van der Waals surface area contributed by atoms with Crippen LogP contribution in [0.4, 0.5) is 0 Å². The van der Waals surface area contributed by atoms with Crippen molar-refractivity contribution < 1.29 is 18.3 Å². The molecule has 0 radical (unpaired) electrons. The van der Waals surface area contributed by atoms with Gasteiger partial charge in [-0.1, -0.05) is 32.9 Å². The van der Waals surface area contributed by atoms with Crippen LogP contribution in [0.3, 0.4) is 0 Å². The highest BCUT2D eigenvalue weighted by Gasteiger charge is 2.31. The largest absolute Gasteiger partial charge is 0.478 e. The predicted octanol–water partition coefficient (Wildman–Crippen LogP) is 2.58. The van der Waals surface area contributed by atoms with Crippen LogP contribution in [-0.4, -0.2) is 36.9 Å². The van der Waals surface area contributed by atoms with E-state index in [1.807, 2.05) is 27.7 Å². The summed E-state index contributed by atoms with van der Waals surface area (Å²) in [6.45, 7) is 7.85. The summed E-state index contributed by atoms with van der Waals surface area (Å²) in [5.74, 6) is -1.16. The molecule has 1 unspecified atom stereocenters. The van der Waals surface area contributed by atoms with E-state index in [1.54, 1.807) is 7.05 Å². The summed E-state index contributed by atoms with van der Waals surface area (Å²) in [5, 5.41) is 8.83. The van der Waals surface area contributed by atoms with Gasteiger partial charge >= 0.3 is 5.97 Å². The van der Waals surface area contributed by atoms with Crippen LogP contribution in [-0.2, 0) is 15.8 Å². The fraction of sp³-hybridized carbons (Fsp3) is 0.533. The molecule has 1 rings (SSSR count). The van der Waals surface area contributed by atoms with E-state index < -0.39 is 16.0 Å². The van der Waals surface area contributed by atoms with Crippen molar-refractivity contribution in [3.8, 4) is 0 Å². The molecule has 118 valence electrons. The zero-order chi connectivity index (χ0) is 16.4. The van der Waals surface area contributed by atoms with E-state index in [1.165, 1.54) is 28.6 Å². The molecule has 1 aromatic rings. The van der Waals surface area contributed by atoms with Gasteiger partial charge in [-0.05, 0) is 30.0 Å². The summed E-state index contributed by atoms with van der Waals surface area (Å²) in [6.07, 6.45) is 0. The Morgan fingerprint density at radius 1 is 1.24 bits per heavy atom. The Bertz CT molecular complexity index is 600. The van der Waals surface area contributed by atoms with Gasteiger partial charge in [0.1, 0.15) is 0 Å². The zero-order valence-electron chi connectivity index (χ0n) is 13.1. The van der Waals surface area contributed by atoms with Gasteiger partial charge in [0.15, 0.2) is 0 Å². The van der Waals surface area contributed by atoms with Crippen LogP contribution in [0.25, 0.3) is 0 Å². The minimum atomic E-state index is -3.44. The molecule has 21 heavy (non-hydrogen) atoms. The topological polar surface area (TPSA) is 74.7 Å². The van der Waals surface area contributed by atoms with Gasteiger partial charge in [0.05, 0.1) is 11.3 Å². The lowest BCUT2D eigenvalue weighted by molar-refractivity contribution is 0.0697. The maximum atomic E-state index is 12.4. The molecule has 1 aromatic carbocycles. The van der Waals surface area contributed by atoms with Crippen molar-refractivity contribution in [2.75, 3.05) is 7.05 Å². The molecule has 0 heterocycles. The number of nitrogens with zero attached hydrogens (tertiary/aromatic N) is 1. The fourth-order valence-corrected chi connectivity index (χ4v) is 3.46. The van der Waals surface area contributed by atoms with Crippen molar-refractivity contribution in [2.24, 2.45) is 5.41 Å². The molecule has 6 heteroatoms. The Hall–Kier alpha value is -1.40. The second-order valence-electron chi connectivity index (χ2n) is 6.32. The number of carboxylic acid groups (broad SMARTS) is 1. The lowest BCUT2D eigenvalue weighted by atomic mass is 9.88. The van der Waals surface area contributed by atoms with Crippen molar-refractivity contribution in [1.29, 1.82) is 0 Å². The van der Waals surface area contributed by atoms with Gasteiger partial charge in [-0.3, -0.25) is 0 Å². The Morgan fingerprint density at radius 3 is 2.10 bits per heavy atom. The highest BCUT2D eigenvalue weighted by Crippen LogP contribution is 2.26. The van der Waals surface area contributed by atoms with E-state index in [4.69, 9.17) is 5.11 Å². The summed E-state index contributed by atoms with van der Waals surface area (Å²) in [6, 6.07) is 5.77. The average Bonchev–Trinajstić information content (AvgIpc) is 2.36. The van der Waals surface area contributed by atoms with Gasteiger partial charge in [0.25, 0.3) is 0 Å². The summed E-state index contributed by atoms with van der Waals surface area (Å²) in [4.78, 5) is 10.8. The normalized spacial score (nSPS) is 14.2. The quantitative estimate of drug-likeness (QED) is 0.906. The Balaban J connectivity index is 2.92. The molecule has 1 N–H and O–H groups in total. The molecule has 0 amide bonds. The van der Waals surface area contributed by atoms with Crippen molar-refractivity contribution >= 4 is 16.0 Å². The van der Waals surface area contributed by atoms with E-state index in [0.717, 1.165) is 0 Å². The highest BCUT2D eigenvalue weighted by atomic mass is 32.2. The van der Waals surface area contributed by atoms with Gasteiger partial charge in [0.2, 0.25) is 10.0 Å². The zero-order valence-corrected chi connectivity index (χ0v) is 13.9. The summed E-state index contributed by atoms with van der Waals surface area (Å²) >= 11 is 0. The molecule has 0 fully saturated rings. The third-order valence-electron chi connectivity index (χ3n) is 3.79. The minimum absolute atomic E-state index is 0.135. The first-order chi connectivity index (χ1) is 9.45. The number of rotatable bonds is 5. The number of hydrogen-bond donors (Lipinski definition) is 1. The molecule has 0 aliphatic rings. The van der Waals surface area contributed by atoms with E-state index >= 15 is 0 Å². The summed E-state index contributed by atoms with van der Waals surface area (Å²) in [5.41, 5.74) is 0.565. The molecular formula is C15H23NO4S. The van der Waals surface area contributed by atoms with Crippen molar-refractivity contribution in [3.05, 3.63) is 35.4 Å². The fourth-order valence-electron chi connectivity index (χ4n) is 1.84. The lowest BCUT2D eigenvalue weighted by Crippen LogP contribution is -2.43. The number of carbonyl (C=O) groups is 1. The molecule has 5 nitrogen and oxygen atoms in total. The maximum Gasteiger partial charge on any atom is 0.335 e. The number of benzene rings is 1. The molecule has 0 bridgehead atoms. The van der Waals surface area contributed by atoms with Crippen LogP contribution in [0, 0.1) is 5.41 Å². The second kappa shape index (κ2) is 6.15. The Morgan fingerprint density at radius 2 is 1.71 bits per heavy atom. The molecule has 0 aliphatic carbocycles. The third kappa shape index (κ3) is 4.54. The third-order valence-corrected chi connectivity index (χ3v) is 5.68. The number of aromatic carboxylic acids is 1. The monoisotopic (exact) mass is 313 g/mol. The number of sulfonamides is 1. The van der Waals surface area contributed by atoms with Crippen molar-refractivity contribution in [1.82, 2.24) is 4.31 Å². The average molecular weight is 313 g/mol. The second-order valence-corrected chi connectivity index (χ2v) is 8.34. The van der Waals surface area contributed by atoms with Gasteiger partial charge in [-0.15, -0.1) is 0 Å². The molecule has 0 saturated heterocycles. The molecule has 0 spiro atoms. The van der Waals surface area contributed by atoms with Gasteiger partial charge in [-0.2, -0.15) is 0 Å². The standard InChI is InChI=1S/C15H23NO4S/c1-11(15(2,3)4)16(5)21(19,20)10-12-6-8-13(9-7-12)14(17)18/h6-9,11H,10H2,1-5H3,(H,17,18). The van der Waals surface area contributed by atoms with E-state index in [2.05, 4.69) is 0 Å². The summed E-state index contributed by atoms with van der Waals surface area (Å²) in [7, 11) is -1.86. The molecule has 0 aromatic heterocycles. The number of hydrogen-bond acceptors (Lipinski definition) is 3. The van der Waals surface area contributed by atoms with Gasteiger partial charge in [-0.25, -0.2) is 17.5 Å². The first-order valence-corrected chi connectivity index (χ1v) is 8.34. The van der Waals surface area contributed by atoms with Gasteiger partial charge < -0.3 is 5.11 Å².